The van der Waals surface area contributed by atoms with Crippen molar-refractivity contribution >= 4 is 18.3 Å². The largest absolute Gasteiger partial charge is 0.422 e. The summed E-state index contributed by atoms with van der Waals surface area (Å²) in [5.41, 5.74) is -0.815. The summed E-state index contributed by atoms with van der Waals surface area (Å²) in [4.78, 5) is 29.4. The summed E-state index contributed by atoms with van der Waals surface area (Å²) < 4.78 is 145. The molecule has 1 aromatic rings. The van der Waals surface area contributed by atoms with Crippen LogP contribution in [0.1, 0.15) is 0 Å². The number of alkyl halides is 1. The molecule has 1 aliphatic carbocycles. The third kappa shape index (κ3) is 5.19. The van der Waals surface area contributed by atoms with Crippen molar-refractivity contribution in [3.05, 3.63) is 88.7 Å². The van der Waals surface area contributed by atoms with Gasteiger partial charge in [0.05, 0.1) is 6.34 Å². The predicted octanol–water partition coefficient (Wildman–Crippen LogP) is 5.15. The number of ether oxygens (including phenoxy) is 2. The average Bonchev–Trinajstić information content (AvgIpc) is 2.96. The molecule has 0 N–H and O–H groups in total. The molecule has 2 atom stereocenters. The summed E-state index contributed by atoms with van der Waals surface area (Å²) >= 11 is 0. The Hall–Kier alpha value is -4.37. The van der Waals surface area contributed by atoms with E-state index in [-0.39, 0.29) is 12.6 Å². The number of esters is 2. The lowest BCUT2D eigenvalue weighted by Crippen LogP contribution is -2.36. The van der Waals surface area contributed by atoms with Crippen LogP contribution in [0.15, 0.2) is 64.6 Å². The molecule has 202 valence electrons. The molecule has 0 amide bonds. The molecule has 38 heavy (non-hydrogen) atoms. The predicted molar refractivity (Wildman–Crippen MR) is 107 cm³/mol. The maximum absolute atomic E-state index is 14.1. The van der Waals surface area contributed by atoms with Crippen molar-refractivity contribution in [2.24, 2.45) is 4.99 Å². The number of halogens is 10. The third-order valence-electron chi connectivity index (χ3n) is 4.69. The highest BCUT2D eigenvalue weighted by Crippen LogP contribution is 2.35. The lowest BCUT2D eigenvalue weighted by atomic mass is 10.2. The van der Waals surface area contributed by atoms with Gasteiger partial charge in [-0.05, 0) is 6.08 Å². The van der Waals surface area contributed by atoms with Crippen LogP contribution in [-0.2, 0) is 14.3 Å². The second-order valence-electron chi connectivity index (χ2n) is 7.13. The van der Waals surface area contributed by atoms with Crippen molar-refractivity contribution in [1.82, 2.24) is 4.90 Å². The molecule has 0 bridgehead atoms. The minimum Gasteiger partial charge on any atom is -0.422 e. The van der Waals surface area contributed by atoms with Gasteiger partial charge in [-0.25, -0.2) is 40.3 Å². The van der Waals surface area contributed by atoms with Crippen LogP contribution < -0.4 is 4.74 Å². The van der Waals surface area contributed by atoms with E-state index in [2.05, 4.69) is 21.0 Å². The quantitative estimate of drug-likeness (QED) is 0.121. The first kappa shape index (κ1) is 28.2. The van der Waals surface area contributed by atoms with E-state index >= 15 is 0 Å². The zero-order chi connectivity index (χ0) is 28.5. The van der Waals surface area contributed by atoms with Gasteiger partial charge in [-0.2, -0.15) is 13.2 Å². The summed E-state index contributed by atoms with van der Waals surface area (Å²) in [5, 5.41) is 0. The lowest BCUT2D eigenvalue weighted by molar-refractivity contribution is -0.139. The maximum atomic E-state index is 14.1. The highest BCUT2D eigenvalue weighted by molar-refractivity contribution is 5.95. The van der Waals surface area contributed by atoms with Crippen LogP contribution in [0.25, 0.3) is 0 Å². The molecule has 2 unspecified atom stereocenters. The van der Waals surface area contributed by atoms with Gasteiger partial charge in [0.25, 0.3) is 0 Å². The summed E-state index contributed by atoms with van der Waals surface area (Å²) in [6.45, 7) is 3.04. The van der Waals surface area contributed by atoms with Crippen molar-refractivity contribution < 1.29 is 63.0 Å². The highest BCUT2D eigenvalue weighted by atomic mass is 19.2. The fourth-order valence-corrected chi connectivity index (χ4v) is 2.88. The second kappa shape index (κ2) is 10.9. The van der Waals surface area contributed by atoms with E-state index in [1.165, 1.54) is 0 Å². The number of aliphatic imine (C=N–C) groups is 1. The van der Waals surface area contributed by atoms with Crippen molar-refractivity contribution in [3.8, 4) is 5.75 Å². The van der Waals surface area contributed by atoms with E-state index in [0.29, 0.717) is 6.08 Å². The normalized spacial score (nSPS) is 19.7. The zero-order valence-electron chi connectivity index (χ0n) is 18.2. The number of benzene rings is 1. The van der Waals surface area contributed by atoms with Crippen molar-refractivity contribution in [3.63, 3.8) is 0 Å². The monoisotopic (exact) mass is 556 g/mol. The van der Waals surface area contributed by atoms with E-state index in [1.54, 1.807) is 0 Å². The summed E-state index contributed by atoms with van der Waals surface area (Å²) in [6.07, 6.45) is -0.775. The lowest BCUT2D eigenvalue weighted by Gasteiger charge is -2.25. The highest BCUT2D eigenvalue weighted by Gasteiger charge is 2.35. The van der Waals surface area contributed by atoms with E-state index in [1.807, 2.05) is 0 Å². The molecule has 16 heteroatoms. The van der Waals surface area contributed by atoms with Crippen LogP contribution in [0.4, 0.5) is 43.9 Å². The molecule has 2 aliphatic rings. The van der Waals surface area contributed by atoms with E-state index in [4.69, 9.17) is 0 Å². The fourth-order valence-electron chi connectivity index (χ4n) is 2.88. The molecule has 0 saturated carbocycles. The van der Waals surface area contributed by atoms with Crippen LogP contribution in [0.3, 0.4) is 0 Å². The van der Waals surface area contributed by atoms with E-state index in [9.17, 15) is 53.5 Å². The molecule has 1 aromatic carbocycles. The first-order chi connectivity index (χ1) is 17.8. The number of hydrogen-bond acceptors (Lipinski definition) is 6. The Kier molecular flexibility index (Phi) is 8.12. The minimum atomic E-state index is -3.06. The number of carbonyl (C=O) groups excluding carboxylic acids is 2. The van der Waals surface area contributed by atoms with Crippen LogP contribution in [0, 0.1) is 29.1 Å². The molecule has 1 heterocycles. The molecule has 6 nitrogen and oxygen atoms in total. The van der Waals surface area contributed by atoms with Gasteiger partial charge in [0.1, 0.15) is 5.70 Å². The molecule has 0 fully saturated rings. The second-order valence-corrected chi connectivity index (χ2v) is 7.13. The van der Waals surface area contributed by atoms with Crippen LogP contribution >= 0.6 is 0 Å². The van der Waals surface area contributed by atoms with Crippen LogP contribution in [-0.4, -0.2) is 41.9 Å². The first-order valence-corrected chi connectivity index (χ1v) is 9.85. The standard InChI is InChI=1S/C22H10F10N2O4/c1-2-3-34-6-33-8(21(35)37-10-4-7(23)11(24)13(26)14(27)12(10)25)5-9(34)22(36)38-20-18(31)16(29)15(28)17(30)19(20)32/h2,4-8H,1,3H2. The topological polar surface area (TPSA) is 68.2 Å². The van der Waals surface area contributed by atoms with E-state index in [0.717, 1.165) is 17.3 Å². The zero-order valence-corrected chi connectivity index (χ0v) is 18.2. The average molecular weight is 556 g/mol. The number of carbonyl (C=O) groups is 2. The van der Waals surface area contributed by atoms with Gasteiger partial charge in [0, 0.05) is 12.6 Å². The Bertz CT molecular complexity index is 1350. The number of hydrogen-bond donors (Lipinski definition) is 0. The van der Waals surface area contributed by atoms with Gasteiger partial charge >= 0.3 is 11.9 Å². The smallest absolute Gasteiger partial charge is 0.360 e. The molecule has 0 radical (unpaired) electrons. The molecule has 0 spiro atoms. The Morgan fingerprint density at radius 2 is 1.45 bits per heavy atom. The molecule has 3 rings (SSSR count). The van der Waals surface area contributed by atoms with Gasteiger partial charge in [-0.3, -0.25) is 4.99 Å². The summed E-state index contributed by atoms with van der Waals surface area (Å²) in [7, 11) is 0. The first-order valence-electron chi connectivity index (χ1n) is 9.85. The number of allylic oxidation sites excluding steroid dienone is 5. The molecular formula is C22H10F10N2O4. The molecule has 1 aliphatic heterocycles. The van der Waals surface area contributed by atoms with Crippen LogP contribution in [0.2, 0.25) is 0 Å². The molecule has 0 saturated heterocycles. The minimum absolute atomic E-state index is 0.118. The van der Waals surface area contributed by atoms with Gasteiger partial charge in [0.2, 0.25) is 46.5 Å². The Balaban J connectivity index is 1.92. The van der Waals surface area contributed by atoms with Gasteiger partial charge in [-0.1, -0.05) is 6.08 Å². The van der Waals surface area contributed by atoms with Gasteiger partial charge in [0.15, 0.2) is 29.6 Å². The Morgan fingerprint density at radius 3 is 2.03 bits per heavy atom. The SMILES string of the molecule is C=CCN1C=NC(C(=O)OC2=CC(F)C(F)=C(F)C(F)=C2F)C=C1C(=O)Oc1c(F)c(F)c(F)c(F)c1F. The number of rotatable bonds is 6. The molecule has 0 aromatic heterocycles. The maximum Gasteiger partial charge on any atom is 0.360 e. The number of nitrogens with zero attached hydrogens (tertiary/aromatic N) is 2. The third-order valence-corrected chi connectivity index (χ3v) is 4.69. The van der Waals surface area contributed by atoms with Crippen molar-refractivity contribution in [1.29, 1.82) is 0 Å². The molecular weight excluding hydrogens is 546 g/mol. The van der Waals surface area contributed by atoms with E-state index < -0.39 is 93.8 Å². The fraction of sp³-hybridized carbons (Fsp3) is 0.136. The van der Waals surface area contributed by atoms with Crippen LogP contribution in [0.5, 0.6) is 5.75 Å². The summed E-state index contributed by atoms with van der Waals surface area (Å²) in [5.74, 6) is -29.1. The summed E-state index contributed by atoms with van der Waals surface area (Å²) in [6, 6.07) is -1.98. The van der Waals surface area contributed by atoms with Crippen molar-refractivity contribution in [2.45, 2.75) is 12.2 Å². The van der Waals surface area contributed by atoms with Crippen molar-refractivity contribution in [2.75, 3.05) is 6.54 Å². The Labute approximate surface area is 205 Å². The van der Waals surface area contributed by atoms with Gasteiger partial charge in [-0.15, -0.1) is 6.58 Å². The van der Waals surface area contributed by atoms with Gasteiger partial charge < -0.3 is 14.4 Å². The Morgan fingerprint density at radius 1 is 0.868 bits per heavy atom.